The van der Waals surface area contributed by atoms with Gasteiger partial charge < -0.3 is 24.3 Å². The molecule has 186 valence electrons. The normalized spacial score (nSPS) is 15.4. The van der Waals surface area contributed by atoms with Crippen molar-refractivity contribution in [2.45, 2.75) is 30.7 Å². The molecule has 0 aliphatic carbocycles. The molecule has 1 amide bonds. The van der Waals surface area contributed by atoms with Crippen LogP contribution in [0.2, 0.25) is 0 Å². The Labute approximate surface area is 201 Å². The van der Waals surface area contributed by atoms with Crippen molar-refractivity contribution in [2.75, 3.05) is 47.6 Å². The molecule has 0 unspecified atom stereocenters. The highest BCUT2D eigenvalue weighted by atomic mass is 32.2. The molecular formula is C24H32N2O7S. The molecule has 1 fully saturated rings. The van der Waals surface area contributed by atoms with Crippen LogP contribution in [-0.2, 0) is 26.0 Å². The number of benzene rings is 2. The van der Waals surface area contributed by atoms with Crippen LogP contribution < -0.4 is 19.5 Å². The molecule has 0 saturated carbocycles. The van der Waals surface area contributed by atoms with E-state index in [0.717, 1.165) is 5.56 Å². The van der Waals surface area contributed by atoms with Gasteiger partial charge in [0.25, 0.3) is 0 Å². The van der Waals surface area contributed by atoms with E-state index < -0.39 is 10.0 Å². The Balaban J connectivity index is 1.71. The van der Waals surface area contributed by atoms with Crippen LogP contribution in [-0.4, -0.2) is 66.3 Å². The first-order valence-electron chi connectivity index (χ1n) is 11.1. The van der Waals surface area contributed by atoms with E-state index in [4.69, 9.17) is 18.9 Å². The maximum Gasteiger partial charge on any atom is 0.243 e. The summed E-state index contributed by atoms with van der Waals surface area (Å²) in [5.74, 6) is 1.67. The lowest BCUT2D eigenvalue weighted by molar-refractivity contribution is -0.121. The molecule has 1 saturated heterocycles. The van der Waals surface area contributed by atoms with Gasteiger partial charge in [0.15, 0.2) is 0 Å². The van der Waals surface area contributed by atoms with Gasteiger partial charge in [-0.3, -0.25) is 4.79 Å². The van der Waals surface area contributed by atoms with Crippen LogP contribution in [0.1, 0.15) is 30.5 Å². The molecule has 1 atom stereocenters. The molecule has 10 heteroatoms. The van der Waals surface area contributed by atoms with E-state index in [1.54, 1.807) is 38.5 Å². The third kappa shape index (κ3) is 5.99. The highest BCUT2D eigenvalue weighted by Gasteiger charge is 2.27. The molecule has 1 heterocycles. The van der Waals surface area contributed by atoms with E-state index in [9.17, 15) is 13.2 Å². The summed E-state index contributed by atoms with van der Waals surface area (Å²) >= 11 is 0. The highest BCUT2D eigenvalue weighted by Crippen LogP contribution is 2.30. The number of morpholine rings is 1. The van der Waals surface area contributed by atoms with Gasteiger partial charge in [0.2, 0.25) is 15.9 Å². The van der Waals surface area contributed by atoms with Gasteiger partial charge >= 0.3 is 0 Å². The molecule has 34 heavy (non-hydrogen) atoms. The summed E-state index contributed by atoms with van der Waals surface area (Å²) in [4.78, 5) is 12.9. The molecule has 0 aromatic heterocycles. The first kappa shape index (κ1) is 25.8. The Bertz CT molecular complexity index is 1100. The van der Waals surface area contributed by atoms with E-state index in [1.807, 2.05) is 13.0 Å². The topological polar surface area (TPSA) is 103 Å². The van der Waals surface area contributed by atoms with E-state index in [-0.39, 0.29) is 23.3 Å². The standard InChI is InChI=1S/C24H32N2O7S/c1-17(21-16-19(30-2)6-8-23(21)32-4)25-24(27)10-5-18-15-20(7-9-22(18)31-3)34(28,29)26-11-13-33-14-12-26/h6-9,15-17H,5,10-14H2,1-4H3,(H,25,27)/t17-/m0/s1. The average molecular weight is 493 g/mol. The number of hydrogen-bond acceptors (Lipinski definition) is 7. The second kappa shape index (κ2) is 11.5. The van der Waals surface area contributed by atoms with Gasteiger partial charge in [-0.25, -0.2) is 8.42 Å². The maximum atomic E-state index is 13.0. The minimum Gasteiger partial charge on any atom is -0.497 e. The first-order valence-corrected chi connectivity index (χ1v) is 12.5. The lowest BCUT2D eigenvalue weighted by Gasteiger charge is -2.26. The minimum atomic E-state index is -3.65. The zero-order valence-electron chi connectivity index (χ0n) is 20.0. The monoisotopic (exact) mass is 492 g/mol. The number of carbonyl (C=O) groups is 1. The van der Waals surface area contributed by atoms with Crippen LogP contribution in [0, 0.1) is 0 Å². The molecule has 2 aromatic rings. The SMILES string of the molecule is COc1ccc(OC)c([C@H](C)NC(=O)CCc2cc(S(=O)(=O)N3CCOCC3)ccc2OC)c1. The largest absolute Gasteiger partial charge is 0.497 e. The zero-order valence-corrected chi connectivity index (χ0v) is 20.8. The molecule has 0 radical (unpaired) electrons. The number of rotatable bonds is 10. The third-order valence-electron chi connectivity index (χ3n) is 5.76. The second-order valence-corrected chi connectivity index (χ2v) is 9.83. The fraction of sp³-hybridized carbons (Fsp3) is 0.458. The number of nitrogens with zero attached hydrogens (tertiary/aromatic N) is 1. The molecule has 0 bridgehead atoms. The molecule has 1 N–H and O–H groups in total. The molecule has 1 aliphatic heterocycles. The summed E-state index contributed by atoms with van der Waals surface area (Å²) < 4.78 is 48.8. The molecule has 1 aliphatic rings. The van der Waals surface area contributed by atoms with E-state index in [2.05, 4.69) is 5.32 Å². The molecular weight excluding hydrogens is 460 g/mol. The fourth-order valence-electron chi connectivity index (χ4n) is 3.86. The lowest BCUT2D eigenvalue weighted by atomic mass is 10.1. The van der Waals surface area contributed by atoms with Gasteiger partial charge in [-0.1, -0.05) is 0 Å². The van der Waals surface area contributed by atoms with Crippen LogP contribution in [0.3, 0.4) is 0 Å². The predicted octanol–water partition coefficient (Wildman–Crippen LogP) is 2.54. The lowest BCUT2D eigenvalue weighted by Crippen LogP contribution is -2.40. The Morgan fingerprint density at radius 3 is 2.35 bits per heavy atom. The van der Waals surface area contributed by atoms with Crippen molar-refractivity contribution < 1.29 is 32.2 Å². The number of ether oxygens (including phenoxy) is 4. The van der Waals surface area contributed by atoms with Crippen LogP contribution in [0.25, 0.3) is 0 Å². The summed E-state index contributed by atoms with van der Waals surface area (Å²) in [6, 6.07) is 9.85. The number of aryl methyl sites for hydroxylation is 1. The smallest absolute Gasteiger partial charge is 0.243 e. The van der Waals surface area contributed by atoms with Crippen molar-refractivity contribution in [3.8, 4) is 17.2 Å². The summed E-state index contributed by atoms with van der Waals surface area (Å²) in [6.45, 7) is 3.25. The predicted molar refractivity (Wildman–Crippen MR) is 127 cm³/mol. The number of sulfonamides is 1. The van der Waals surface area contributed by atoms with Crippen molar-refractivity contribution >= 4 is 15.9 Å². The minimum absolute atomic E-state index is 0.161. The fourth-order valence-corrected chi connectivity index (χ4v) is 5.32. The Kier molecular flexibility index (Phi) is 8.76. The van der Waals surface area contributed by atoms with Crippen LogP contribution in [0.5, 0.6) is 17.2 Å². The van der Waals surface area contributed by atoms with Gasteiger partial charge in [-0.05, 0) is 55.3 Å². The summed E-state index contributed by atoms with van der Waals surface area (Å²) in [5.41, 5.74) is 1.45. The third-order valence-corrected chi connectivity index (χ3v) is 7.66. The summed E-state index contributed by atoms with van der Waals surface area (Å²) in [6.07, 6.45) is 0.484. The van der Waals surface area contributed by atoms with Crippen LogP contribution in [0.4, 0.5) is 0 Å². The maximum absolute atomic E-state index is 13.0. The van der Waals surface area contributed by atoms with E-state index in [1.165, 1.54) is 17.5 Å². The van der Waals surface area contributed by atoms with Crippen LogP contribution >= 0.6 is 0 Å². The quantitative estimate of drug-likeness (QED) is 0.544. The van der Waals surface area contributed by atoms with E-state index >= 15 is 0 Å². The molecule has 2 aromatic carbocycles. The van der Waals surface area contributed by atoms with Crippen molar-refractivity contribution in [1.29, 1.82) is 0 Å². The Hall–Kier alpha value is -2.82. The number of nitrogens with one attached hydrogen (secondary N) is 1. The van der Waals surface area contributed by atoms with Crippen molar-refractivity contribution in [2.24, 2.45) is 0 Å². The summed E-state index contributed by atoms with van der Waals surface area (Å²) in [5, 5.41) is 2.97. The molecule has 3 rings (SSSR count). The van der Waals surface area contributed by atoms with Crippen molar-refractivity contribution in [1.82, 2.24) is 9.62 Å². The number of amides is 1. The van der Waals surface area contributed by atoms with Gasteiger partial charge in [0, 0.05) is 25.1 Å². The first-order chi connectivity index (χ1) is 16.3. The summed E-state index contributed by atoms with van der Waals surface area (Å²) in [7, 11) is 1.03. The average Bonchev–Trinajstić information content (AvgIpc) is 2.87. The number of carbonyl (C=O) groups excluding carboxylic acids is 1. The zero-order chi connectivity index (χ0) is 24.7. The van der Waals surface area contributed by atoms with Gasteiger partial charge in [0.05, 0.1) is 45.5 Å². The molecule has 0 spiro atoms. The number of hydrogen-bond donors (Lipinski definition) is 1. The highest BCUT2D eigenvalue weighted by molar-refractivity contribution is 7.89. The van der Waals surface area contributed by atoms with Crippen molar-refractivity contribution in [3.05, 3.63) is 47.5 Å². The van der Waals surface area contributed by atoms with Gasteiger partial charge in [0.1, 0.15) is 17.2 Å². The van der Waals surface area contributed by atoms with E-state index in [0.29, 0.717) is 55.5 Å². The van der Waals surface area contributed by atoms with Crippen LogP contribution in [0.15, 0.2) is 41.3 Å². The molecule has 9 nitrogen and oxygen atoms in total. The van der Waals surface area contributed by atoms with Crippen molar-refractivity contribution in [3.63, 3.8) is 0 Å². The number of methoxy groups -OCH3 is 3. The Morgan fingerprint density at radius 1 is 1.03 bits per heavy atom. The van der Waals surface area contributed by atoms with Gasteiger partial charge in [-0.2, -0.15) is 4.31 Å². The van der Waals surface area contributed by atoms with Gasteiger partial charge in [-0.15, -0.1) is 0 Å². The second-order valence-electron chi connectivity index (χ2n) is 7.89. The Morgan fingerprint density at radius 2 is 1.71 bits per heavy atom.